The summed E-state index contributed by atoms with van der Waals surface area (Å²) in [7, 11) is 0. The number of benzene rings is 3. The normalized spacial score (nSPS) is 14.6. The number of nitrogens with zero attached hydrogens (tertiary/aromatic N) is 1. The van der Waals surface area contributed by atoms with E-state index >= 15 is 0 Å². The maximum Gasteiger partial charge on any atom is 0.335 e. The van der Waals surface area contributed by atoms with Crippen molar-refractivity contribution >= 4 is 34.8 Å². The SMILES string of the molecule is C=CCN1C(=O)N/C(=C/c2c(OCc3ccc(C(=O)O)cc3)ccc3ccccc23)C1=O. The van der Waals surface area contributed by atoms with Crippen LogP contribution in [0.5, 0.6) is 5.75 Å². The Morgan fingerprint density at radius 3 is 2.53 bits per heavy atom. The van der Waals surface area contributed by atoms with E-state index in [4.69, 9.17) is 9.84 Å². The van der Waals surface area contributed by atoms with E-state index in [1.807, 2.05) is 36.4 Å². The van der Waals surface area contributed by atoms with E-state index in [9.17, 15) is 14.4 Å². The zero-order valence-electron chi connectivity index (χ0n) is 17.1. The van der Waals surface area contributed by atoms with Gasteiger partial charge in [-0.25, -0.2) is 9.59 Å². The third-order valence-electron chi connectivity index (χ3n) is 5.09. The fraction of sp³-hybridized carbons (Fsp3) is 0.0800. The molecule has 0 unspecified atom stereocenters. The molecule has 1 fully saturated rings. The van der Waals surface area contributed by atoms with Crippen molar-refractivity contribution in [2.45, 2.75) is 6.61 Å². The van der Waals surface area contributed by atoms with Gasteiger partial charge < -0.3 is 15.2 Å². The molecule has 1 heterocycles. The molecule has 7 nitrogen and oxygen atoms in total. The topological polar surface area (TPSA) is 95.9 Å². The lowest BCUT2D eigenvalue weighted by Gasteiger charge is -2.13. The quantitative estimate of drug-likeness (QED) is 0.334. The van der Waals surface area contributed by atoms with Crippen LogP contribution >= 0.6 is 0 Å². The molecule has 0 aliphatic carbocycles. The summed E-state index contributed by atoms with van der Waals surface area (Å²) in [6.07, 6.45) is 3.11. The summed E-state index contributed by atoms with van der Waals surface area (Å²) < 4.78 is 6.03. The molecule has 2 N–H and O–H groups in total. The third kappa shape index (κ3) is 4.09. The van der Waals surface area contributed by atoms with Gasteiger partial charge in [-0.3, -0.25) is 9.69 Å². The number of aromatic carboxylic acids is 1. The summed E-state index contributed by atoms with van der Waals surface area (Å²) >= 11 is 0. The lowest BCUT2D eigenvalue weighted by Crippen LogP contribution is -2.30. The number of rotatable bonds is 7. The largest absolute Gasteiger partial charge is 0.488 e. The Bertz CT molecular complexity index is 1260. The van der Waals surface area contributed by atoms with Gasteiger partial charge in [-0.1, -0.05) is 48.5 Å². The Kier molecular flexibility index (Phi) is 5.72. The van der Waals surface area contributed by atoms with Crippen LogP contribution in [0.3, 0.4) is 0 Å². The first-order valence-electron chi connectivity index (χ1n) is 9.90. The monoisotopic (exact) mass is 428 g/mol. The minimum Gasteiger partial charge on any atom is -0.488 e. The molecule has 0 radical (unpaired) electrons. The van der Waals surface area contributed by atoms with Crippen LogP contribution in [0.2, 0.25) is 0 Å². The number of carboxylic acid groups (broad SMARTS) is 1. The molecule has 4 rings (SSSR count). The highest BCUT2D eigenvalue weighted by molar-refractivity contribution is 6.15. The second kappa shape index (κ2) is 8.77. The van der Waals surface area contributed by atoms with Crippen LogP contribution in [0.15, 0.2) is 79.0 Å². The van der Waals surface area contributed by atoms with Crippen molar-refractivity contribution < 1.29 is 24.2 Å². The van der Waals surface area contributed by atoms with Gasteiger partial charge in [0.25, 0.3) is 5.91 Å². The Labute approximate surface area is 184 Å². The van der Waals surface area contributed by atoms with Gasteiger partial charge in [0, 0.05) is 12.1 Å². The Hall–Kier alpha value is -4.39. The number of carbonyl (C=O) groups is 3. The summed E-state index contributed by atoms with van der Waals surface area (Å²) in [5.41, 5.74) is 1.81. The van der Waals surface area contributed by atoms with E-state index < -0.39 is 17.9 Å². The molecule has 0 spiro atoms. The molecule has 1 aliphatic rings. The number of carboxylic acids is 1. The Balaban J connectivity index is 1.69. The smallest absolute Gasteiger partial charge is 0.335 e. The number of fused-ring (bicyclic) bond motifs is 1. The summed E-state index contributed by atoms with van der Waals surface area (Å²) in [4.78, 5) is 36.9. The molecule has 3 amide bonds. The highest BCUT2D eigenvalue weighted by Gasteiger charge is 2.32. The van der Waals surface area contributed by atoms with Gasteiger partial charge in [0.1, 0.15) is 18.1 Å². The van der Waals surface area contributed by atoms with E-state index in [1.165, 1.54) is 18.2 Å². The number of ether oxygens (including phenoxy) is 1. The van der Waals surface area contributed by atoms with Gasteiger partial charge in [0.15, 0.2) is 0 Å². The zero-order valence-corrected chi connectivity index (χ0v) is 17.1. The third-order valence-corrected chi connectivity index (χ3v) is 5.09. The summed E-state index contributed by atoms with van der Waals surface area (Å²) in [6, 6.07) is 17.3. The molecule has 32 heavy (non-hydrogen) atoms. The number of nitrogens with one attached hydrogen (secondary N) is 1. The van der Waals surface area contributed by atoms with Gasteiger partial charge in [-0.05, 0) is 40.6 Å². The van der Waals surface area contributed by atoms with Crippen LogP contribution in [0, 0.1) is 0 Å². The summed E-state index contributed by atoms with van der Waals surface area (Å²) in [5, 5.41) is 13.5. The molecule has 1 aliphatic heterocycles. The van der Waals surface area contributed by atoms with E-state index in [0.29, 0.717) is 11.3 Å². The van der Waals surface area contributed by atoms with Crippen LogP contribution in [0.4, 0.5) is 4.79 Å². The second-order valence-electron chi connectivity index (χ2n) is 7.18. The minimum atomic E-state index is -0.991. The summed E-state index contributed by atoms with van der Waals surface area (Å²) in [5.74, 6) is -0.893. The van der Waals surface area contributed by atoms with E-state index in [-0.39, 0.29) is 24.4 Å². The van der Waals surface area contributed by atoms with Crippen LogP contribution in [0.25, 0.3) is 16.8 Å². The predicted octanol–water partition coefficient (Wildman–Crippen LogP) is 4.20. The average Bonchev–Trinajstić information content (AvgIpc) is 3.06. The van der Waals surface area contributed by atoms with Gasteiger partial charge in [-0.15, -0.1) is 6.58 Å². The second-order valence-corrected chi connectivity index (χ2v) is 7.18. The Morgan fingerprint density at radius 2 is 1.81 bits per heavy atom. The Morgan fingerprint density at radius 1 is 1.06 bits per heavy atom. The molecule has 7 heteroatoms. The fourth-order valence-corrected chi connectivity index (χ4v) is 3.47. The van der Waals surface area contributed by atoms with Crippen LogP contribution in [-0.2, 0) is 11.4 Å². The molecular formula is C25H20N2O5. The van der Waals surface area contributed by atoms with Crippen LogP contribution in [-0.4, -0.2) is 34.5 Å². The van der Waals surface area contributed by atoms with Gasteiger partial charge in [-0.2, -0.15) is 0 Å². The van der Waals surface area contributed by atoms with Crippen LogP contribution < -0.4 is 10.1 Å². The zero-order chi connectivity index (χ0) is 22.7. The van der Waals surface area contributed by atoms with Crippen molar-refractivity contribution in [3.05, 3.63) is 95.7 Å². The molecule has 3 aromatic rings. The van der Waals surface area contributed by atoms with Crippen molar-refractivity contribution in [3.63, 3.8) is 0 Å². The van der Waals surface area contributed by atoms with Crippen molar-refractivity contribution in [1.29, 1.82) is 0 Å². The molecular weight excluding hydrogens is 408 g/mol. The number of hydrogen-bond acceptors (Lipinski definition) is 4. The maximum atomic E-state index is 12.7. The van der Waals surface area contributed by atoms with Gasteiger partial charge in [0.2, 0.25) is 0 Å². The highest BCUT2D eigenvalue weighted by Crippen LogP contribution is 2.31. The summed E-state index contributed by atoms with van der Waals surface area (Å²) in [6.45, 7) is 3.90. The number of urea groups is 1. The predicted molar refractivity (Wildman–Crippen MR) is 120 cm³/mol. The number of hydrogen-bond donors (Lipinski definition) is 2. The lowest BCUT2D eigenvalue weighted by atomic mass is 10.0. The molecule has 1 saturated heterocycles. The van der Waals surface area contributed by atoms with Crippen molar-refractivity contribution in [1.82, 2.24) is 10.2 Å². The minimum absolute atomic E-state index is 0.118. The molecule has 0 bridgehead atoms. The molecule has 0 aromatic heterocycles. The van der Waals surface area contributed by atoms with Crippen molar-refractivity contribution in [2.24, 2.45) is 0 Å². The number of imide groups is 1. The van der Waals surface area contributed by atoms with Crippen molar-refractivity contribution in [2.75, 3.05) is 6.54 Å². The average molecular weight is 428 g/mol. The van der Waals surface area contributed by atoms with E-state index in [1.54, 1.807) is 18.2 Å². The first-order chi connectivity index (χ1) is 15.5. The maximum absolute atomic E-state index is 12.7. The molecule has 3 aromatic carbocycles. The standard InChI is InChI=1S/C25H20N2O5/c1-2-13-27-23(28)21(26-25(27)31)14-20-19-6-4-3-5-17(19)11-12-22(20)32-15-16-7-9-18(10-8-16)24(29)30/h2-12,14H,1,13,15H2,(H,26,31)(H,29,30)/b21-14+. The van der Waals surface area contributed by atoms with Gasteiger partial charge >= 0.3 is 12.0 Å². The lowest BCUT2D eigenvalue weighted by molar-refractivity contribution is -0.122. The molecule has 0 atom stereocenters. The first kappa shape index (κ1) is 20.9. The highest BCUT2D eigenvalue weighted by atomic mass is 16.5. The molecule has 160 valence electrons. The van der Waals surface area contributed by atoms with E-state index in [0.717, 1.165) is 21.2 Å². The number of amides is 3. The van der Waals surface area contributed by atoms with E-state index in [2.05, 4.69) is 11.9 Å². The number of carbonyl (C=O) groups excluding carboxylic acids is 2. The first-order valence-corrected chi connectivity index (χ1v) is 9.90. The van der Waals surface area contributed by atoms with Crippen molar-refractivity contribution in [3.8, 4) is 5.75 Å². The molecule has 0 saturated carbocycles. The van der Waals surface area contributed by atoms with Crippen LogP contribution in [0.1, 0.15) is 21.5 Å². The van der Waals surface area contributed by atoms with Gasteiger partial charge in [0.05, 0.1) is 5.56 Å². The fourth-order valence-electron chi connectivity index (χ4n) is 3.47.